The molecular weight excluding hydrogens is 284 g/mol. The predicted molar refractivity (Wildman–Crippen MR) is 82.7 cm³/mol. The van der Waals surface area contributed by atoms with Crippen LogP contribution in [0.4, 0.5) is 0 Å². The van der Waals surface area contributed by atoms with Crippen LogP contribution in [-0.2, 0) is 14.3 Å². The topological polar surface area (TPSA) is 78.9 Å². The van der Waals surface area contributed by atoms with Gasteiger partial charge in [-0.15, -0.1) is 0 Å². The third-order valence-electron chi connectivity index (χ3n) is 4.90. The van der Waals surface area contributed by atoms with Gasteiger partial charge in [0.05, 0.1) is 19.6 Å². The van der Waals surface area contributed by atoms with Crippen molar-refractivity contribution in [3.63, 3.8) is 0 Å². The van der Waals surface area contributed by atoms with E-state index in [2.05, 4.69) is 10.2 Å². The molecule has 1 amide bonds. The highest BCUT2D eigenvalue weighted by Gasteiger charge is 2.37. The summed E-state index contributed by atoms with van der Waals surface area (Å²) < 4.78 is 5.46. The Bertz CT molecular complexity index is 372. The summed E-state index contributed by atoms with van der Waals surface area (Å²) in [5, 5.41) is 11.7. The molecular formula is C16H28N2O4. The number of ether oxygens (including phenoxy) is 1. The van der Waals surface area contributed by atoms with Gasteiger partial charge in [-0.3, -0.25) is 14.5 Å². The molecule has 1 saturated carbocycles. The summed E-state index contributed by atoms with van der Waals surface area (Å²) in [6, 6.07) is 0. The molecule has 2 fully saturated rings. The average molecular weight is 312 g/mol. The number of hydrogen-bond donors (Lipinski definition) is 2. The van der Waals surface area contributed by atoms with Crippen molar-refractivity contribution in [1.29, 1.82) is 0 Å². The number of carbonyl (C=O) groups excluding carboxylic acids is 1. The van der Waals surface area contributed by atoms with Crippen molar-refractivity contribution in [3.8, 4) is 0 Å². The van der Waals surface area contributed by atoms with Gasteiger partial charge in [0, 0.05) is 31.6 Å². The number of carboxylic acids is 1. The molecule has 126 valence electrons. The molecule has 0 aromatic carbocycles. The lowest BCUT2D eigenvalue weighted by atomic mass is 9.87. The molecule has 2 N–H and O–H groups in total. The van der Waals surface area contributed by atoms with Gasteiger partial charge in [0.15, 0.2) is 0 Å². The van der Waals surface area contributed by atoms with E-state index in [4.69, 9.17) is 9.84 Å². The van der Waals surface area contributed by atoms with Crippen LogP contribution >= 0.6 is 0 Å². The second-order valence-corrected chi connectivity index (χ2v) is 6.41. The molecule has 1 aliphatic carbocycles. The minimum absolute atomic E-state index is 0.0269. The van der Waals surface area contributed by atoms with E-state index in [0.717, 1.165) is 39.1 Å². The number of carbonyl (C=O) groups is 2. The fourth-order valence-corrected chi connectivity index (χ4v) is 3.60. The van der Waals surface area contributed by atoms with E-state index in [-0.39, 0.29) is 24.3 Å². The van der Waals surface area contributed by atoms with Gasteiger partial charge >= 0.3 is 5.97 Å². The van der Waals surface area contributed by atoms with Crippen LogP contribution < -0.4 is 5.32 Å². The number of hydrogen-bond acceptors (Lipinski definition) is 4. The second-order valence-electron chi connectivity index (χ2n) is 6.41. The molecule has 1 aliphatic heterocycles. The van der Waals surface area contributed by atoms with E-state index >= 15 is 0 Å². The quantitative estimate of drug-likeness (QED) is 0.725. The lowest BCUT2D eigenvalue weighted by molar-refractivity contribution is -0.139. The Morgan fingerprint density at radius 2 is 1.68 bits per heavy atom. The Morgan fingerprint density at radius 3 is 2.27 bits per heavy atom. The van der Waals surface area contributed by atoms with E-state index in [0.29, 0.717) is 6.54 Å². The van der Waals surface area contributed by atoms with Crippen LogP contribution in [0.5, 0.6) is 0 Å². The summed E-state index contributed by atoms with van der Waals surface area (Å²) in [7, 11) is 0. The molecule has 0 aromatic heterocycles. The third-order valence-corrected chi connectivity index (χ3v) is 4.90. The summed E-state index contributed by atoms with van der Waals surface area (Å²) in [5.41, 5.74) is 0.0269. The first-order valence-electron chi connectivity index (χ1n) is 8.44. The zero-order chi connectivity index (χ0) is 15.8. The molecule has 2 rings (SSSR count). The molecule has 6 nitrogen and oxygen atoms in total. The van der Waals surface area contributed by atoms with Crippen molar-refractivity contribution < 1.29 is 19.4 Å². The lowest BCUT2D eigenvalue weighted by Gasteiger charge is -2.45. The molecule has 0 bridgehead atoms. The Hall–Kier alpha value is -1.14. The number of aliphatic carboxylic acids is 1. The van der Waals surface area contributed by atoms with Gasteiger partial charge in [0.1, 0.15) is 0 Å². The number of amides is 1. The number of morpholine rings is 1. The van der Waals surface area contributed by atoms with Crippen molar-refractivity contribution in [3.05, 3.63) is 0 Å². The highest BCUT2D eigenvalue weighted by atomic mass is 16.5. The van der Waals surface area contributed by atoms with Crippen molar-refractivity contribution in [2.45, 2.75) is 56.9 Å². The van der Waals surface area contributed by atoms with E-state index in [9.17, 15) is 9.59 Å². The first-order valence-corrected chi connectivity index (χ1v) is 8.44. The van der Waals surface area contributed by atoms with Crippen LogP contribution in [-0.4, -0.2) is 60.3 Å². The Balaban J connectivity index is 1.94. The van der Waals surface area contributed by atoms with E-state index < -0.39 is 5.97 Å². The number of carboxylic acid groups (broad SMARTS) is 1. The van der Waals surface area contributed by atoms with Crippen molar-refractivity contribution in [2.75, 3.05) is 32.8 Å². The van der Waals surface area contributed by atoms with Gasteiger partial charge in [-0.05, 0) is 12.8 Å². The highest BCUT2D eigenvalue weighted by Crippen LogP contribution is 2.32. The summed E-state index contributed by atoms with van der Waals surface area (Å²) >= 11 is 0. The van der Waals surface area contributed by atoms with Crippen molar-refractivity contribution in [2.24, 2.45) is 0 Å². The number of nitrogens with zero attached hydrogens (tertiary/aromatic N) is 1. The largest absolute Gasteiger partial charge is 0.481 e. The van der Waals surface area contributed by atoms with Gasteiger partial charge in [-0.25, -0.2) is 0 Å². The fourth-order valence-electron chi connectivity index (χ4n) is 3.60. The van der Waals surface area contributed by atoms with Crippen LogP contribution in [0.25, 0.3) is 0 Å². The minimum atomic E-state index is -0.924. The first-order chi connectivity index (χ1) is 10.6. The molecule has 2 aliphatic rings. The highest BCUT2D eigenvalue weighted by molar-refractivity contribution is 5.80. The Kier molecular flexibility index (Phi) is 6.64. The minimum Gasteiger partial charge on any atom is -0.481 e. The van der Waals surface area contributed by atoms with Crippen LogP contribution in [0.2, 0.25) is 0 Å². The first kappa shape index (κ1) is 17.2. The van der Waals surface area contributed by atoms with Gasteiger partial charge in [0.2, 0.25) is 5.91 Å². The van der Waals surface area contributed by atoms with E-state index in [1.54, 1.807) is 0 Å². The molecule has 6 heteroatoms. The molecule has 22 heavy (non-hydrogen) atoms. The number of rotatable bonds is 6. The fraction of sp³-hybridized carbons (Fsp3) is 0.875. The Labute approximate surface area is 132 Å². The van der Waals surface area contributed by atoms with Crippen molar-refractivity contribution in [1.82, 2.24) is 10.2 Å². The molecule has 0 radical (unpaired) electrons. The van der Waals surface area contributed by atoms with Crippen molar-refractivity contribution >= 4 is 11.9 Å². The number of nitrogens with one attached hydrogen (secondary N) is 1. The van der Waals surface area contributed by atoms with Gasteiger partial charge in [0.25, 0.3) is 0 Å². The normalized spacial score (nSPS) is 22.7. The molecule has 1 saturated heterocycles. The standard InChI is InChI=1S/C16H28N2O4/c19-14(5-6-15(20)21)17-13-16(7-3-1-2-4-8-16)18-9-11-22-12-10-18/h1-13H2,(H,17,19)(H,20,21). The average Bonchev–Trinajstić information content (AvgIpc) is 2.78. The molecule has 0 unspecified atom stereocenters. The van der Waals surface area contributed by atoms with Crippen LogP contribution in [0.15, 0.2) is 0 Å². The molecule has 0 spiro atoms. The lowest BCUT2D eigenvalue weighted by Crippen LogP contribution is -2.58. The second kappa shape index (κ2) is 8.48. The molecule has 0 atom stereocenters. The van der Waals surface area contributed by atoms with Gasteiger partial charge < -0.3 is 15.2 Å². The SMILES string of the molecule is O=C(O)CCC(=O)NCC1(N2CCOCC2)CCCCCC1. The van der Waals surface area contributed by atoms with Gasteiger partial charge in [-0.1, -0.05) is 25.7 Å². The predicted octanol–water partition coefficient (Wildman–Crippen LogP) is 1.39. The zero-order valence-corrected chi connectivity index (χ0v) is 13.3. The maximum atomic E-state index is 11.9. The van der Waals surface area contributed by atoms with Crippen LogP contribution in [0, 0.1) is 0 Å². The molecule has 0 aromatic rings. The molecule has 1 heterocycles. The summed E-state index contributed by atoms with van der Waals surface area (Å²) in [4.78, 5) is 24.9. The summed E-state index contributed by atoms with van der Waals surface area (Å²) in [5.74, 6) is -1.08. The monoisotopic (exact) mass is 312 g/mol. The van der Waals surface area contributed by atoms with E-state index in [1.807, 2.05) is 0 Å². The summed E-state index contributed by atoms with van der Waals surface area (Å²) in [6.45, 7) is 3.99. The summed E-state index contributed by atoms with van der Waals surface area (Å²) in [6.07, 6.45) is 7.09. The Morgan fingerprint density at radius 1 is 1.05 bits per heavy atom. The van der Waals surface area contributed by atoms with Crippen LogP contribution in [0.3, 0.4) is 0 Å². The van der Waals surface area contributed by atoms with Crippen LogP contribution in [0.1, 0.15) is 51.4 Å². The zero-order valence-electron chi connectivity index (χ0n) is 13.3. The maximum Gasteiger partial charge on any atom is 0.303 e. The van der Waals surface area contributed by atoms with E-state index in [1.165, 1.54) is 25.7 Å². The smallest absolute Gasteiger partial charge is 0.303 e. The third kappa shape index (κ3) is 4.95. The van der Waals surface area contributed by atoms with Gasteiger partial charge in [-0.2, -0.15) is 0 Å². The maximum absolute atomic E-state index is 11.9.